The van der Waals surface area contributed by atoms with Gasteiger partial charge in [0.15, 0.2) is 0 Å². The Morgan fingerprint density at radius 3 is 2.13 bits per heavy atom. The van der Waals surface area contributed by atoms with E-state index < -0.39 is 6.04 Å². The SMILES string of the molecule is CC[C@H](C(=O)N[C@@H](C)CC)N(Cc1c(Cl)cccc1Cl)C(=O)CCc1ccccc1Cl. The van der Waals surface area contributed by atoms with Gasteiger partial charge in [0.2, 0.25) is 11.8 Å². The number of rotatable bonds is 10. The van der Waals surface area contributed by atoms with Gasteiger partial charge in [0.25, 0.3) is 0 Å². The quantitative estimate of drug-likeness (QED) is 0.431. The first-order chi connectivity index (χ1) is 14.8. The summed E-state index contributed by atoms with van der Waals surface area (Å²) in [6, 6.07) is 12.1. The summed E-state index contributed by atoms with van der Waals surface area (Å²) in [5, 5.41) is 4.55. The molecule has 0 saturated heterocycles. The van der Waals surface area contributed by atoms with E-state index >= 15 is 0 Å². The van der Waals surface area contributed by atoms with E-state index in [0.717, 1.165) is 12.0 Å². The minimum absolute atomic E-state index is 0.0190. The van der Waals surface area contributed by atoms with Gasteiger partial charge < -0.3 is 10.2 Å². The third kappa shape index (κ3) is 7.13. The Morgan fingerprint density at radius 1 is 0.935 bits per heavy atom. The lowest BCUT2D eigenvalue weighted by Gasteiger charge is -2.32. The van der Waals surface area contributed by atoms with Gasteiger partial charge in [0.05, 0.1) is 0 Å². The summed E-state index contributed by atoms with van der Waals surface area (Å²) in [6.07, 6.45) is 1.98. The van der Waals surface area contributed by atoms with Crippen molar-refractivity contribution < 1.29 is 9.59 Å². The highest BCUT2D eigenvalue weighted by Crippen LogP contribution is 2.27. The number of carbonyl (C=O) groups is 2. The number of carbonyl (C=O) groups excluding carboxylic acids is 2. The van der Waals surface area contributed by atoms with Crippen LogP contribution in [0.3, 0.4) is 0 Å². The van der Waals surface area contributed by atoms with Crippen LogP contribution in [0.4, 0.5) is 0 Å². The van der Waals surface area contributed by atoms with E-state index in [2.05, 4.69) is 5.32 Å². The summed E-state index contributed by atoms with van der Waals surface area (Å²) < 4.78 is 0. The second-order valence-electron chi connectivity index (χ2n) is 7.56. The van der Waals surface area contributed by atoms with Crippen molar-refractivity contribution in [3.63, 3.8) is 0 Å². The topological polar surface area (TPSA) is 49.4 Å². The predicted molar refractivity (Wildman–Crippen MR) is 129 cm³/mol. The van der Waals surface area contributed by atoms with Crippen molar-refractivity contribution in [3.8, 4) is 0 Å². The second-order valence-corrected chi connectivity index (χ2v) is 8.78. The van der Waals surface area contributed by atoms with Crippen molar-refractivity contribution in [1.29, 1.82) is 0 Å². The van der Waals surface area contributed by atoms with Crippen molar-refractivity contribution in [3.05, 3.63) is 68.7 Å². The average Bonchev–Trinajstić information content (AvgIpc) is 2.74. The summed E-state index contributed by atoms with van der Waals surface area (Å²) in [5.74, 6) is -0.326. The molecule has 0 aliphatic heterocycles. The summed E-state index contributed by atoms with van der Waals surface area (Å²) in [6.45, 7) is 6.00. The fraction of sp³-hybridized carbons (Fsp3) is 0.417. The van der Waals surface area contributed by atoms with Gasteiger partial charge in [-0.1, -0.05) is 72.9 Å². The third-order valence-corrected chi connectivity index (χ3v) is 6.42. The van der Waals surface area contributed by atoms with Crippen molar-refractivity contribution in [2.45, 2.75) is 65.1 Å². The lowest BCUT2D eigenvalue weighted by atomic mass is 10.1. The molecule has 0 aliphatic rings. The Kier molecular flexibility index (Phi) is 10.1. The lowest BCUT2D eigenvalue weighted by Crippen LogP contribution is -2.50. The smallest absolute Gasteiger partial charge is 0.243 e. The first kappa shape index (κ1) is 25.5. The molecule has 4 nitrogen and oxygen atoms in total. The van der Waals surface area contributed by atoms with Crippen LogP contribution in [-0.2, 0) is 22.6 Å². The lowest BCUT2D eigenvalue weighted by molar-refractivity contribution is -0.141. The van der Waals surface area contributed by atoms with E-state index in [9.17, 15) is 9.59 Å². The fourth-order valence-corrected chi connectivity index (χ4v) is 4.05. The molecule has 0 aliphatic carbocycles. The molecule has 168 valence electrons. The molecule has 0 bridgehead atoms. The predicted octanol–water partition coefficient (Wildman–Crippen LogP) is 6.30. The monoisotopic (exact) mass is 482 g/mol. The van der Waals surface area contributed by atoms with Gasteiger partial charge in [-0.2, -0.15) is 0 Å². The number of amides is 2. The van der Waals surface area contributed by atoms with Crippen LogP contribution in [0.5, 0.6) is 0 Å². The Labute approximate surface area is 199 Å². The van der Waals surface area contributed by atoms with Crippen LogP contribution < -0.4 is 5.32 Å². The van der Waals surface area contributed by atoms with Crippen LogP contribution in [-0.4, -0.2) is 28.8 Å². The van der Waals surface area contributed by atoms with Crippen molar-refractivity contribution in [2.24, 2.45) is 0 Å². The normalized spacial score (nSPS) is 12.8. The Morgan fingerprint density at radius 2 is 1.55 bits per heavy atom. The van der Waals surface area contributed by atoms with E-state index in [1.165, 1.54) is 0 Å². The fourth-order valence-electron chi connectivity index (χ4n) is 3.30. The van der Waals surface area contributed by atoms with Crippen LogP contribution in [0, 0.1) is 0 Å². The van der Waals surface area contributed by atoms with Crippen LogP contribution >= 0.6 is 34.8 Å². The molecular formula is C24H29Cl3N2O2. The van der Waals surface area contributed by atoms with E-state index in [0.29, 0.717) is 33.5 Å². The molecule has 0 heterocycles. The van der Waals surface area contributed by atoms with Crippen molar-refractivity contribution >= 4 is 46.6 Å². The van der Waals surface area contributed by atoms with Gasteiger partial charge in [-0.3, -0.25) is 9.59 Å². The second kappa shape index (κ2) is 12.3. The first-order valence-corrected chi connectivity index (χ1v) is 11.7. The van der Waals surface area contributed by atoms with Crippen LogP contribution in [0.25, 0.3) is 0 Å². The van der Waals surface area contributed by atoms with Gasteiger partial charge in [-0.25, -0.2) is 0 Å². The highest BCUT2D eigenvalue weighted by molar-refractivity contribution is 6.36. The zero-order valence-electron chi connectivity index (χ0n) is 18.1. The number of hydrogen-bond acceptors (Lipinski definition) is 2. The number of aryl methyl sites for hydroxylation is 1. The zero-order valence-corrected chi connectivity index (χ0v) is 20.4. The van der Waals surface area contributed by atoms with Gasteiger partial charge >= 0.3 is 0 Å². The number of nitrogens with one attached hydrogen (secondary N) is 1. The van der Waals surface area contributed by atoms with Crippen molar-refractivity contribution in [1.82, 2.24) is 10.2 Å². The zero-order chi connectivity index (χ0) is 23.0. The molecule has 0 aromatic heterocycles. The molecule has 2 amide bonds. The largest absolute Gasteiger partial charge is 0.352 e. The molecule has 2 aromatic carbocycles. The Bertz CT molecular complexity index is 884. The van der Waals surface area contributed by atoms with E-state index in [4.69, 9.17) is 34.8 Å². The maximum Gasteiger partial charge on any atom is 0.243 e. The Balaban J connectivity index is 2.30. The van der Waals surface area contributed by atoms with Crippen LogP contribution in [0.1, 0.15) is 51.2 Å². The molecule has 0 fully saturated rings. The molecule has 2 atom stereocenters. The molecule has 7 heteroatoms. The van der Waals surface area contributed by atoms with E-state index in [1.807, 2.05) is 39.0 Å². The highest BCUT2D eigenvalue weighted by Gasteiger charge is 2.30. The van der Waals surface area contributed by atoms with Crippen LogP contribution in [0.15, 0.2) is 42.5 Å². The number of benzene rings is 2. The summed E-state index contributed by atoms with van der Waals surface area (Å²) in [5.41, 5.74) is 1.53. The van der Waals surface area contributed by atoms with Gasteiger partial charge in [0.1, 0.15) is 6.04 Å². The summed E-state index contributed by atoms with van der Waals surface area (Å²) in [7, 11) is 0. The molecular weight excluding hydrogens is 455 g/mol. The average molecular weight is 484 g/mol. The number of nitrogens with zero attached hydrogens (tertiary/aromatic N) is 1. The molecule has 0 saturated carbocycles. The third-order valence-electron chi connectivity index (χ3n) is 5.34. The van der Waals surface area contributed by atoms with E-state index in [1.54, 1.807) is 29.2 Å². The van der Waals surface area contributed by atoms with Crippen LogP contribution in [0.2, 0.25) is 15.1 Å². The molecule has 0 unspecified atom stereocenters. The standard InChI is InChI=1S/C24H29Cl3N2O2/c1-4-16(3)28-24(31)22(5-2)29(15-18-20(26)11-8-12-21(18)27)23(30)14-13-17-9-6-7-10-19(17)25/h6-12,16,22H,4-5,13-15H2,1-3H3,(H,28,31)/t16-,22+/m0/s1. The first-order valence-electron chi connectivity index (χ1n) is 10.5. The molecule has 2 aromatic rings. The van der Waals surface area contributed by atoms with Gasteiger partial charge in [-0.05, 0) is 49.9 Å². The maximum atomic E-state index is 13.3. The number of hydrogen-bond donors (Lipinski definition) is 1. The molecule has 2 rings (SSSR count). The van der Waals surface area contributed by atoms with Gasteiger partial charge in [-0.15, -0.1) is 0 Å². The van der Waals surface area contributed by atoms with Crippen molar-refractivity contribution in [2.75, 3.05) is 0 Å². The minimum atomic E-state index is -0.625. The molecule has 0 spiro atoms. The van der Waals surface area contributed by atoms with E-state index in [-0.39, 0.29) is 30.8 Å². The highest BCUT2D eigenvalue weighted by atomic mass is 35.5. The molecule has 1 N–H and O–H groups in total. The minimum Gasteiger partial charge on any atom is -0.352 e. The molecule has 0 radical (unpaired) electrons. The maximum absolute atomic E-state index is 13.3. The summed E-state index contributed by atoms with van der Waals surface area (Å²) in [4.78, 5) is 27.9. The van der Waals surface area contributed by atoms with Gasteiger partial charge in [0, 0.05) is 39.6 Å². The number of halogens is 3. The molecule has 31 heavy (non-hydrogen) atoms. The Hall–Kier alpha value is -1.75. The summed E-state index contributed by atoms with van der Waals surface area (Å²) >= 11 is 19.0.